The number of aromatic nitrogens is 3. The number of fused-ring (bicyclic) bond motifs is 1. The monoisotopic (exact) mass is 464 g/mol. The summed E-state index contributed by atoms with van der Waals surface area (Å²) in [6.07, 6.45) is 2.45. The second kappa shape index (κ2) is 8.63. The molecule has 1 saturated heterocycles. The molecule has 0 atom stereocenters. The average molecular weight is 465 g/mol. The van der Waals surface area contributed by atoms with Crippen molar-refractivity contribution >= 4 is 34.4 Å². The number of carboxylic acids is 1. The molecular weight excluding hydrogens is 444 g/mol. The predicted octanol–water partition coefficient (Wildman–Crippen LogP) is 5.38. The first-order valence-corrected chi connectivity index (χ1v) is 10.9. The lowest BCUT2D eigenvalue weighted by molar-refractivity contribution is 0.0693. The van der Waals surface area contributed by atoms with Gasteiger partial charge in [0.15, 0.2) is 5.65 Å². The topological polar surface area (TPSA) is 101 Å². The van der Waals surface area contributed by atoms with Crippen LogP contribution in [0.1, 0.15) is 23.2 Å². The molecule has 4 aromatic rings. The molecule has 0 amide bonds. The van der Waals surface area contributed by atoms with Crippen LogP contribution in [-0.4, -0.2) is 46.2 Å². The minimum atomic E-state index is -1.12. The van der Waals surface area contributed by atoms with Crippen LogP contribution in [0.15, 0.2) is 48.5 Å². The van der Waals surface area contributed by atoms with Gasteiger partial charge in [-0.25, -0.2) is 9.78 Å². The second-order valence-corrected chi connectivity index (χ2v) is 8.15. The number of hydrogen-bond donors (Lipinski definition) is 2. The molecule has 1 aliphatic heterocycles. The molecule has 0 spiro atoms. The summed E-state index contributed by atoms with van der Waals surface area (Å²) >= 11 is 6.52. The van der Waals surface area contributed by atoms with Crippen LogP contribution in [-0.2, 0) is 0 Å². The minimum absolute atomic E-state index is 0.00746. The SMILES string of the molecule is COc1ccc(Oc2nc3nc(-c4ccc(N5CCCC5)cc4)c(Cl)cc3[nH]2)cc1C(=O)O. The molecule has 2 N–H and O–H groups in total. The third kappa shape index (κ3) is 4.17. The van der Waals surface area contributed by atoms with Gasteiger partial charge in [0.05, 0.1) is 23.3 Å². The highest BCUT2D eigenvalue weighted by Gasteiger charge is 2.16. The number of aromatic amines is 1. The number of nitrogens with zero attached hydrogens (tertiary/aromatic N) is 3. The summed E-state index contributed by atoms with van der Waals surface area (Å²) in [5.41, 5.74) is 3.78. The van der Waals surface area contributed by atoms with Gasteiger partial charge in [0.25, 0.3) is 0 Å². The first kappa shape index (κ1) is 21.1. The van der Waals surface area contributed by atoms with Crippen molar-refractivity contribution in [2.75, 3.05) is 25.1 Å². The van der Waals surface area contributed by atoms with Gasteiger partial charge in [-0.2, -0.15) is 4.98 Å². The Balaban J connectivity index is 1.42. The zero-order valence-corrected chi connectivity index (χ0v) is 18.6. The molecule has 0 bridgehead atoms. The number of imidazole rings is 1. The number of carbonyl (C=O) groups is 1. The van der Waals surface area contributed by atoms with Gasteiger partial charge in [-0.15, -0.1) is 0 Å². The van der Waals surface area contributed by atoms with Crippen molar-refractivity contribution in [3.8, 4) is 28.8 Å². The summed E-state index contributed by atoms with van der Waals surface area (Å²) in [5.74, 6) is -0.569. The molecular formula is C24H21ClN4O4. The molecule has 0 aliphatic carbocycles. The van der Waals surface area contributed by atoms with Crippen molar-refractivity contribution in [3.05, 3.63) is 59.1 Å². The van der Waals surface area contributed by atoms with Crippen molar-refractivity contribution in [2.24, 2.45) is 0 Å². The summed E-state index contributed by atoms with van der Waals surface area (Å²) in [5, 5.41) is 9.85. The summed E-state index contributed by atoms with van der Waals surface area (Å²) in [7, 11) is 1.41. The molecule has 2 aromatic carbocycles. The molecule has 0 saturated carbocycles. The van der Waals surface area contributed by atoms with Crippen molar-refractivity contribution < 1.29 is 19.4 Å². The van der Waals surface area contributed by atoms with Gasteiger partial charge in [0.1, 0.15) is 17.1 Å². The number of carboxylic acid groups (broad SMARTS) is 1. The lowest BCUT2D eigenvalue weighted by atomic mass is 10.1. The Morgan fingerprint density at radius 1 is 1.09 bits per heavy atom. The van der Waals surface area contributed by atoms with E-state index in [9.17, 15) is 9.90 Å². The number of pyridine rings is 1. The molecule has 8 nitrogen and oxygen atoms in total. The van der Waals surface area contributed by atoms with Crippen LogP contribution in [0.4, 0.5) is 5.69 Å². The highest BCUT2D eigenvalue weighted by atomic mass is 35.5. The summed E-state index contributed by atoms with van der Waals surface area (Å²) in [4.78, 5) is 25.9. The molecule has 2 aromatic heterocycles. The fourth-order valence-corrected chi connectivity index (χ4v) is 4.24. The zero-order valence-electron chi connectivity index (χ0n) is 17.8. The highest BCUT2D eigenvalue weighted by Crippen LogP contribution is 2.32. The van der Waals surface area contributed by atoms with Crippen LogP contribution in [0.2, 0.25) is 5.02 Å². The summed E-state index contributed by atoms with van der Waals surface area (Å²) in [6.45, 7) is 2.17. The van der Waals surface area contributed by atoms with Crippen molar-refractivity contribution in [3.63, 3.8) is 0 Å². The first-order chi connectivity index (χ1) is 16.0. The van der Waals surface area contributed by atoms with Gasteiger partial charge in [-0.05, 0) is 49.2 Å². The van der Waals surface area contributed by atoms with Crippen LogP contribution in [0.25, 0.3) is 22.4 Å². The Labute approximate surface area is 194 Å². The second-order valence-electron chi connectivity index (χ2n) is 7.74. The van der Waals surface area contributed by atoms with E-state index in [1.54, 1.807) is 12.1 Å². The summed E-state index contributed by atoms with van der Waals surface area (Å²) in [6, 6.07) is 14.7. The number of halogens is 1. The number of ether oxygens (including phenoxy) is 2. The number of nitrogens with one attached hydrogen (secondary N) is 1. The van der Waals surface area contributed by atoms with E-state index in [4.69, 9.17) is 21.1 Å². The van der Waals surface area contributed by atoms with Crippen LogP contribution >= 0.6 is 11.6 Å². The Kier molecular flexibility index (Phi) is 5.51. The van der Waals surface area contributed by atoms with Crippen molar-refractivity contribution in [2.45, 2.75) is 12.8 Å². The largest absolute Gasteiger partial charge is 0.496 e. The molecule has 0 radical (unpaired) electrons. The normalized spacial score (nSPS) is 13.5. The van der Waals surface area contributed by atoms with Gasteiger partial charge in [0.2, 0.25) is 0 Å². The summed E-state index contributed by atoms with van der Waals surface area (Å²) < 4.78 is 10.8. The van der Waals surface area contributed by atoms with Crippen LogP contribution in [0.3, 0.4) is 0 Å². The number of benzene rings is 2. The Bertz CT molecular complexity index is 1330. The average Bonchev–Trinajstić information content (AvgIpc) is 3.48. The van der Waals surface area contributed by atoms with E-state index >= 15 is 0 Å². The van der Waals surface area contributed by atoms with Gasteiger partial charge < -0.3 is 24.5 Å². The third-order valence-corrected chi connectivity index (χ3v) is 5.92. The fraction of sp³-hybridized carbons (Fsp3) is 0.208. The van der Waals surface area contributed by atoms with Gasteiger partial charge in [-0.1, -0.05) is 23.7 Å². The van der Waals surface area contributed by atoms with E-state index in [1.807, 2.05) is 12.1 Å². The standard InChI is InChI=1S/C24H21ClN4O4/c1-32-20-9-8-16(12-17(20)23(30)31)33-24-26-19-13-18(25)21(27-22(19)28-24)14-4-6-15(7-5-14)29-10-2-3-11-29/h4-9,12-13H,2-3,10-11H2,1H3,(H,30,31)(H,26,27,28). The predicted molar refractivity (Wildman–Crippen MR) is 126 cm³/mol. The smallest absolute Gasteiger partial charge is 0.339 e. The number of rotatable bonds is 6. The molecule has 33 heavy (non-hydrogen) atoms. The van der Waals surface area contributed by atoms with Gasteiger partial charge in [0, 0.05) is 24.3 Å². The highest BCUT2D eigenvalue weighted by molar-refractivity contribution is 6.33. The van der Waals surface area contributed by atoms with E-state index in [2.05, 4.69) is 32.0 Å². The van der Waals surface area contributed by atoms with Crippen LogP contribution < -0.4 is 14.4 Å². The number of hydrogen-bond acceptors (Lipinski definition) is 6. The number of H-pyrrole nitrogens is 1. The third-order valence-electron chi connectivity index (χ3n) is 5.63. The first-order valence-electron chi connectivity index (χ1n) is 10.5. The molecule has 1 aliphatic rings. The lowest BCUT2D eigenvalue weighted by Gasteiger charge is -2.17. The van der Waals surface area contributed by atoms with E-state index < -0.39 is 5.97 Å². The number of methoxy groups -OCH3 is 1. The maximum atomic E-state index is 11.4. The van der Waals surface area contributed by atoms with Crippen LogP contribution in [0.5, 0.6) is 17.5 Å². The Hall–Kier alpha value is -3.78. The Morgan fingerprint density at radius 3 is 2.55 bits per heavy atom. The molecule has 0 unspecified atom stereocenters. The van der Waals surface area contributed by atoms with E-state index in [0.29, 0.717) is 27.6 Å². The van der Waals surface area contributed by atoms with Gasteiger partial charge >= 0.3 is 12.0 Å². The number of aromatic carboxylic acids is 1. The lowest BCUT2D eigenvalue weighted by Crippen LogP contribution is -2.17. The quantitative estimate of drug-likeness (QED) is 0.395. The molecule has 9 heteroatoms. The Morgan fingerprint density at radius 2 is 1.85 bits per heavy atom. The van der Waals surface area contributed by atoms with E-state index in [-0.39, 0.29) is 17.3 Å². The molecule has 3 heterocycles. The van der Waals surface area contributed by atoms with E-state index in [1.165, 1.54) is 37.8 Å². The number of anilines is 1. The fourth-order valence-electron chi connectivity index (χ4n) is 3.98. The van der Waals surface area contributed by atoms with Crippen molar-refractivity contribution in [1.29, 1.82) is 0 Å². The maximum absolute atomic E-state index is 11.4. The molecule has 1 fully saturated rings. The van der Waals surface area contributed by atoms with Crippen LogP contribution in [0, 0.1) is 0 Å². The van der Waals surface area contributed by atoms with E-state index in [0.717, 1.165) is 18.7 Å². The molecule has 5 rings (SSSR count). The minimum Gasteiger partial charge on any atom is -0.496 e. The zero-order chi connectivity index (χ0) is 22.9. The molecule has 168 valence electrons. The van der Waals surface area contributed by atoms with Crippen molar-refractivity contribution in [1.82, 2.24) is 15.0 Å². The van der Waals surface area contributed by atoms with Gasteiger partial charge in [-0.3, -0.25) is 0 Å². The maximum Gasteiger partial charge on any atom is 0.339 e.